The summed E-state index contributed by atoms with van der Waals surface area (Å²) in [4.78, 5) is 26.4. The molecule has 1 heterocycles. The van der Waals surface area contributed by atoms with E-state index in [1.54, 1.807) is 48.5 Å². The lowest BCUT2D eigenvalue weighted by Crippen LogP contribution is -2.36. The predicted molar refractivity (Wildman–Crippen MR) is 84.6 cm³/mol. The SMILES string of the molecule is O=c1[nH]cc(S(=O)(=O)c2ccccc2)c(=O)n1-c1ccccc1. The number of para-hydroxylation sites is 1. The Morgan fingerprint density at radius 1 is 0.826 bits per heavy atom. The Morgan fingerprint density at radius 3 is 2.00 bits per heavy atom. The van der Waals surface area contributed by atoms with Gasteiger partial charge in [0.25, 0.3) is 5.56 Å². The van der Waals surface area contributed by atoms with Crippen LogP contribution in [0.4, 0.5) is 0 Å². The van der Waals surface area contributed by atoms with Gasteiger partial charge in [0.05, 0.1) is 10.6 Å². The monoisotopic (exact) mass is 328 g/mol. The van der Waals surface area contributed by atoms with Gasteiger partial charge in [-0.3, -0.25) is 4.79 Å². The minimum Gasteiger partial charge on any atom is -0.312 e. The van der Waals surface area contributed by atoms with Crippen molar-refractivity contribution in [3.05, 3.63) is 87.7 Å². The number of aromatic nitrogens is 2. The summed E-state index contributed by atoms with van der Waals surface area (Å²) in [5.41, 5.74) is -1.29. The molecular weight excluding hydrogens is 316 g/mol. The van der Waals surface area contributed by atoms with Crippen LogP contribution >= 0.6 is 0 Å². The Morgan fingerprint density at radius 2 is 1.39 bits per heavy atom. The van der Waals surface area contributed by atoms with E-state index in [-0.39, 0.29) is 4.90 Å². The van der Waals surface area contributed by atoms with E-state index in [1.807, 2.05) is 0 Å². The molecule has 0 aliphatic carbocycles. The zero-order valence-corrected chi connectivity index (χ0v) is 12.7. The molecular formula is C16H12N2O4S. The van der Waals surface area contributed by atoms with Crippen LogP contribution in [0.5, 0.6) is 0 Å². The molecule has 0 bridgehead atoms. The average Bonchev–Trinajstić information content (AvgIpc) is 2.56. The van der Waals surface area contributed by atoms with Crippen molar-refractivity contribution in [2.75, 3.05) is 0 Å². The number of hydrogen-bond acceptors (Lipinski definition) is 4. The Hall–Kier alpha value is -2.93. The molecule has 0 aliphatic rings. The van der Waals surface area contributed by atoms with E-state index in [4.69, 9.17) is 0 Å². The third-order valence-corrected chi connectivity index (χ3v) is 5.07. The van der Waals surface area contributed by atoms with Crippen molar-refractivity contribution < 1.29 is 8.42 Å². The van der Waals surface area contributed by atoms with Crippen LogP contribution < -0.4 is 11.2 Å². The van der Waals surface area contributed by atoms with Gasteiger partial charge in [-0.25, -0.2) is 17.8 Å². The van der Waals surface area contributed by atoms with Crippen LogP contribution in [0.1, 0.15) is 0 Å². The molecule has 0 amide bonds. The second kappa shape index (κ2) is 5.69. The second-order valence-corrected chi connectivity index (χ2v) is 6.67. The van der Waals surface area contributed by atoms with Crippen LogP contribution in [0.2, 0.25) is 0 Å². The molecule has 3 rings (SSSR count). The number of nitrogens with zero attached hydrogens (tertiary/aromatic N) is 1. The lowest BCUT2D eigenvalue weighted by atomic mass is 10.3. The highest BCUT2D eigenvalue weighted by Crippen LogP contribution is 2.16. The van der Waals surface area contributed by atoms with Gasteiger partial charge in [0.1, 0.15) is 0 Å². The summed E-state index contributed by atoms with van der Waals surface area (Å²) >= 11 is 0. The van der Waals surface area contributed by atoms with E-state index in [9.17, 15) is 18.0 Å². The van der Waals surface area contributed by atoms with E-state index in [1.165, 1.54) is 12.1 Å². The number of benzene rings is 2. The first kappa shape index (κ1) is 15.0. The summed E-state index contributed by atoms with van der Waals surface area (Å²) in [5, 5.41) is 0. The van der Waals surface area contributed by atoms with Gasteiger partial charge in [-0.05, 0) is 24.3 Å². The molecule has 0 unspecified atom stereocenters. The maximum atomic E-state index is 12.6. The van der Waals surface area contributed by atoms with Gasteiger partial charge in [-0.15, -0.1) is 0 Å². The summed E-state index contributed by atoms with van der Waals surface area (Å²) in [6.07, 6.45) is 0.937. The molecule has 0 aliphatic heterocycles. The van der Waals surface area contributed by atoms with Gasteiger partial charge in [0.15, 0.2) is 4.90 Å². The van der Waals surface area contributed by atoms with Gasteiger partial charge in [-0.1, -0.05) is 36.4 Å². The van der Waals surface area contributed by atoms with E-state index >= 15 is 0 Å². The van der Waals surface area contributed by atoms with Gasteiger partial charge >= 0.3 is 5.69 Å². The van der Waals surface area contributed by atoms with E-state index < -0.39 is 26.0 Å². The molecule has 6 nitrogen and oxygen atoms in total. The molecule has 0 radical (unpaired) electrons. The molecule has 116 valence electrons. The van der Waals surface area contributed by atoms with Crippen molar-refractivity contribution in [2.24, 2.45) is 0 Å². The molecule has 1 aromatic heterocycles. The second-order valence-electron chi connectivity index (χ2n) is 4.75. The van der Waals surface area contributed by atoms with Crippen LogP contribution in [0.3, 0.4) is 0 Å². The van der Waals surface area contributed by atoms with Crippen molar-refractivity contribution in [1.29, 1.82) is 0 Å². The highest BCUT2D eigenvalue weighted by Gasteiger charge is 2.23. The maximum Gasteiger partial charge on any atom is 0.333 e. The normalized spacial score (nSPS) is 11.3. The number of sulfone groups is 1. The summed E-state index contributed by atoms with van der Waals surface area (Å²) < 4.78 is 26.0. The van der Waals surface area contributed by atoms with E-state index in [0.29, 0.717) is 5.69 Å². The smallest absolute Gasteiger partial charge is 0.312 e. The fourth-order valence-electron chi connectivity index (χ4n) is 2.19. The Balaban J connectivity index is 2.29. The van der Waals surface area contributed by atoms with Crippen molar-refractivity contribution in [3.63, 3.8) is 0 Å². The highest BCUT2D eigenvalue weighted by molar-refractivity contribution is 7.91. The first-order valence-corrected chi connectivity index (χ1v) is 8.20. The molecule has 0 fully saturated rings. The van der Waals surface area contributed by atoms with E-state index in [0.717, 1.165) is 10.8 Å². The lowest BCUT2D eigenvalue weighted by Gasteiger charge is -2.08. The topological polar surface area (TPSA) is 89.0 Å². The number of rotatable bonds is 3. The van der Waals surface area contributed by atoms with Crippen molar-refractivity contribution in [3.8, 4) is 5.69 Å². The summed E-state index contributed by atoms with van der Waals surface area (Å²) in [7, 11) is -4.02. The highest BCUT2D eigenvalue weighted by atomic mass is 32.2. The van der Waals surface area contributed by atoms with Crippen molar-refractivity contribution >= 4 is 9.84 Å². The van der Waals surface area contributed by atoms with Crippen LogP contribution in [-0.2, 0) is 9.84 Å². The standard InChI is InChI=1S/C16H12N2O4S/c19-15-14(23(21,22)13-9-5-2-6-10-13)11-17-16(20)18(15)12-7-3-1-4-8-12/h1-11H,(H,17,20). The molecule has 0 saturated carbocycles. The molecule has 1 N–H and O–H groups in total. The third-order valence-electron chi connectivity index (χ3n) is 3.30. The number of H-pyrrole nitrogens is 1. The molecule has 0 spiro atoms. The van der Waals surface area contributed by atoms with E-state index in [2.05, 4.69) is 4.98 Å². The minimum atomic E-state index is -4.02. The van der Waals surface area contributed by atoms with Gasteiger partial charge in [0, 0.05) is 6.20 Å². The van der Waals surface area contributed by atoms with Crippen molar-refractivity contribution in [2.45, 2.75) is 9.79 Å². The Bertz CT molecular complexity index is 1050. The fraction of sp³-hybridized carbons (Fsp3) is 0. The third kappa shape index (κ3) is 2.62. The molecule has 0 atom stereocenters. The summed E-state index contributed by atoms with van der Waals surface area (Å²) in [6, 6.07) is 15.7. The Kier molecular flexibility index (Phi) is 3.71. The number of aromatic amines is 1. The number of hydrogen-bond donors (Lipinski definition) is 1. The molecule has 23 heavy (non-hydrogen) atoms. The Labute approximate surface area is 131 Å². The number of nitrogens with one attached hydrogen (secondary N) is 1. The molecule has 3 aromatic rings. The quantitative estimate of drug-likeness (QED) is 0.786. The van der Waals surface area contributed by atoms with Gasteiger partial charge in [0.2, 0.25) is 9.84 Å². The maximum absolute atomic E-state index is 12.6. The molecule has 0 saturated heterocycles. The fourth-order valence-corrected chi connectivity index (χ4v) is 3.49. The first-order chi connectivity index (χ1) is 11.0. The lowest BCUT2D eigenvalue weighted by molar-refractivity contribution is 0.592. The summed E-state index contributed by atoms with van der Waals surface area (Å²) in [5.74, 6) is 0. The predicted octanol–water partition coefficient (Wildman–Crippen LogP) is 1.36. The molecule has 2 aromatic carbocycles. The van der Waals surface area contributed by atoms with Gasteiger partial charge in [-0.2, -0.15) is 0 Å². The zero-order chi connectivity index (χ0) is 16.4. The zero-order valence-electron chi connectivity index (χ0n) is 11.8. The van der Waals surface area contributed by atoms with Crippen LogP contribution in [0, 0.1) is 0 Å². The first-order valence-electron chi connectivity index (χ1n) is 6.72. The van der Waals surface area contributed by atoms with Crippen LogP contribution in [0.25, 0.3) is 5.69 Å². The summed E-state index contributed by atoms with van der Waals surface area (Å²) in [6.45, 7) is 0. The van der Waals surface area contributed by atoms with Crippen molar-refractivity contribution in [1.82, 2.24) is 9.55 Å². The average molecular weight is 328 g/mol. The van der Waals surface area contributed by atoms with Crippen LogP contribution in [-0.4, -0.2) is 18.0 Å². The van der Waals surface area contributed by atoms with Crippen LogP contribution in [0.15, 0.2) is 86.2 Å². The molecule has 7 heteroatoms. The minimum absolute atomic E-state index is 0.0104. The van der Waals surface area contributed by atoms with Gasteiger partial charge < -0.3 is 4.98 Å². The largest absolute Gasteiger partial charge is 0.333 e.